The van der Waals surface area contributed by atoms with Crippen molar-refractivity contribution in [1.82, 2.24) is 0 Å². The molecule has 1 fully saturated rings. The normalized spacial score (nSPS) is 20.6. The minimum Gasteiger partial charge on any atom is -0.371 e. The fourth-order valence-corrected chi connectivity index (χ4v) is 3.35. The first-order chi connectivity index (χ1) is 8.31. The van der Waals surface area contributed by atoms with E-state index in [9.17, 15) is 0 Å². The van der Waals surface area contributed by atoms with Gasteiger partial charge in [-0.15, -0.1) is 11.3 Å². The summed E-state index contributed by atoms with van der Waals surface area (Å²) in [6.45, 7) is 3.01. The second-order valence-corrected chi connectivity index (χ2v) is 5.97. The van der Waals surface area contributed by atoms with Crippen molar-refractivity contribution in [3.8, 4) is 0 Å². The van der Waals surface area contributed by atoms with Crippen LogP contribution in [0.1, 0.15) is 50.0 Å². The first kappa shape index (κ1) is 13.1. The van der Waals surface area contributed by atoms with Crippen molar-refractivity contribution < 1.29 is 4.74 Å². The Morgan fingerprint density at radius 3 is 2.82 bits per heavy atom. The SMILES string of the molecule is CCC(N)C(OCC1CCCC1)c1cccs1. The molecule has 0 amide bonds. The summed E-state index contributed by atoms with van der Waals surface area (Å²) < 4.78 is 6.11. The number of thiophene rings is 1. The number of hydrogen-bond acceptors (Lipinski definition) is 3. The molecule has 0 saturated heterocycles. The average Bonchev–Trinajstić information content (AvgIpc) is 3.01. The lowest BCUT2D eigenvalue weighted by Crippen LogP contribution is -2.30. The Labute approximate surface area is 108 Å². The van der Waals surface area contributed by atoms with Crippen LogP contribution in [0.25, 0.3) is 0 Å². The van der Waals surface area contributed by atoms with E-state index in [0.717, 1.165) is 18.9 Å². The van der Waals surface area contributed by atoms with Crippen LogP contribution in [0.3, 0.4) is 0 Å². The van der Waals surface area contributed by atoms with Crippen molar-refractivity contribution >= 4 is 11.3 Å². The molecule has 0 aliphatic heterocycles. The van der Waals surface area contributed by atoms with Gasteiger partial charge in [-0.25, -0.2) is 0 Å². The van der Waals surface area contributed by atoms with Gasteiger partial charge in [-0.3, -0.25) is 0 Å². The molecule has 1 aliphatic carbocycles. The molecular weight excluding hydrogens is 230 g/mol. The first-order valence-corrected chi connectivity index (χ1v) is 7.59. The monoisotopic (exact) mass is 253 g/mol. The zero-order chi connectivity index (χ0) is 12.1. The summed E-state index contributed by atoms with van der Waals surface area (Å²) in [6, 6.07) is 4.34. The maximum absolute atomic E-state index is 6.17. The Kier molecular flexibility index (Phi) is 5.01. The molecule has 1 saturated carbocycles. The Hall–Kier alpha value is -0.380. The zero-order valence-corrected chi connectivity index (χ0v) is 11.4. The van der Waals surface area contributed by atoms with E-state index in [4.69, 9.17) is 10.5 Å². The van der Waals surface area contributed by atoms with Gasteiger partial charge in [-0.05, 0) is 36.6 Å². The summed E-state index contributed by atoms with van der Waals surface area (Å²) in [7, 11) is 0. The maximum atomic E-state index is 6.17. The molecule has 3 heteroatoms. The second kappa shape index (κ2) is 6.53. The van der Waals surface area contributed by atoms with E-state index in [1.54, 1.807) is 11.3 Å². The van der Waals surface area contributed by atoms with Crippen LogP contribution in [-0.4, -0.2) is 12.6 Å². The Bertz CT molecular complexity index is 306. The zero-order valence-electron chi connectivity index (χ0n) is 10.6. The summed E-state index contributed by atoms with van der Waals surface area (Å²) >= 11 is 1.75. The van der Waals surface area contributed by atoms with Crippen LogP contribution in [0.15, 0.2) is 17.5 Å². The lowest BCUT2D eigenvalue weighted by atomic mass is 10.1. The highest BCUT2D eigenvalue weighted by Crippen LogP contribution is 2.30. The third kappa shape index (κ3) is 3.54. The van der Waals surface area contributed by atoms with Gasteiger partial charge in [0.05, 0.1) is 6.61 Å². The van der Waals surface area contributed by atoms with Gasteiger partial charge in [0.2, 0.25) is 0 Å². The topological polar surface area (TPSA) is 35.2 Å². The molecule has 1 aliphatic rings. The van der Waals surface area contributed by atoms with Crippen LogP contribution in [0.2, 0.25) is 0 Å². The number of nitrogens with two attached hydrogens (primary N) is 1. The van der Waals surface area contributed by atoms with E-state index >= 15 is 0 Å². The van der Waals surface area contributed by atoms with Crippen molar-refractivity contribution in [1.29, 1.82) is 0 Å². The molecule has 0 spiro atoms. The lowest BCUT2D eigenvalue weighted by molar-refractivity contribution is 0.0148. The predicted octanol–water partition coefficient (Wildman–Crippen LogP) is 3.73. The largest absolute Gasteiger partial charge is 0.371 e. The van der Waals surface area contributed by atoms with Crippen LogP contribution < -0.4 is 5.73 Å². The standard InChI is InChI=1S/C14H23NOS/c1-2-12(15)14(13-8-5-9-17-13)16-10-11-6-3-4-7-11/h5,8-9,11-12,14H,2-4,6-7,10,15H2,1H3. The number of ether oxygens (including phenoxy) is 1. The molecular formula is C14H23NOS. The molecule has 2 N–H and O–H groups in total. The van der Waals surface area contributed by atoms with Gasteiger partial charge in [0, 0.05) is 10.9 Å². The quantitative estimate of drug-likeness (QED) is 0.838. The smallest absolute Gasteiger partial charge is 0.107 e. The molecule has 17 heavy (non-hydrogen) atoms. The maximum Gasteiger partial charge on any atom is 0.107 e. The summed E-state index contributed by atoms with van der Waals surface area (Å²) in [5.74, 6) is 0.765. The van der Waals surface area contributed by atoms with Gasteiger partial charge in [-0.1, -0.05) is 25.8 Å². The highest BCUT2D eigenvalue weighted by Gasteiger charge is 2.23. The molecule has 1 aromatic heterocycles. The van der Waals surface area contributed by atoms with Crippen molar-refractivity contribution in [2.45, 2.75) is 51.2 Å². The van der Waals surface area contributed by atoms with Gasteiger partial charge in [-0.2, -0.15) is 0 Å². The van der Waals surface area contributed by atoms with Gasteiger partial charge < -0.3 is 10.5 Å². The molecule has 2 rings (SSSR count). The first-order valence-electron chi connectivity index (χ1n) is 6.71. The van der Waals surface area contributed by atoms with Gasteiger partial charge in [0.25, 0.3) is 0 Å². The van der Waals surface area contributed by atoms with Gasteiger partial charge >= 0.3 is 0 Å². The van der Waals surface area contributed by atoms with Crippen LogP contribution in [-0.2, 0) is 4.74 Å². The van der Waals surface area contributed by atoms with Crippen molar-refractivity contribution in [3.05, 3.63) is 22.4 Å². The number of rotatable bonds is 6. The van der Waals surface area contributed by atoms with Crippen LogP contribution in [0.4, 0.5) is 0 Å². The summed E-state index contributed by atoms with van der Waals surface area (Å²) in [6.07, 6.45) is 6.47. The van der Waals surface area contributed by atoms with Crippen molar-refractivity contribution in [3.63, 3.8) is 0 Å². The van der Waals surface area contributed by atoms with E-state index in [2.05, 4.69) is 24.4 Å². The predicted molar refractivity (Wildman–Crippen MR) is 73.2 cm³/mol. The lowest BCUT2D eigenvalue weighted by Gasteiger charge is -2.24. The molecule has 1 aromatic rings. The number of hydrogen-bond donors (Lipinski definition) is 1. The van der Waals surface area contributed by atoms with Gasteiger partial charge in [0.15, 0.2) is 0 Å². The Morgan fingerprint density at radius 1 is 1.47 bits per heavy atom. The molecule has 96 valence electrons. The molecule has 0 radical (unpaired) electrons. The van der Waals surface area contributed by atoms with Crippen LogP contribution in [0.5, 0.6) is 0 Å². The summed E-state index contributed by atoms with van der Waals surface area (Å²) in [5, 5.41) is 2.10. The van der Waals surface area contributed by atoms with E-state index < -0.39 is 0 Å². The van der Waals surface area contributed by atoms with Crippen molar-refractivity contribution in [2.75, 3.05) is 6.61 Å². The molecule has 0 aromatic carbocycles. The fraction of sp³-hybridized carbons (Fsp3) is 0.714. The van der Waals surface area contributed by atoms with E-state index in [-0.39, 0.29) is 12.1 Å². The molecule has 0 bridgehead atoms. The third-order valence-corrected chi connectivity index (χ3v) is 4.60. The highest BCUT2D eigenvalue weighted by atomic mass is 32.1. The van der Waals surface area contributed by atoms with Crippen LogP contribution >= 0.6 is 11.3 Å². The van der Waals surface area contributed by atoms with Gasteiger partial charge in [0.1, 0.15) is 6.10 Å². The second-order valence-electron chi connectivity index (χ2n) is 4.99. The van der Waals surface area contributed by atoms with E-state index in [0.29, 0.717) is 0 Å². The van der Waals surface area contributed by atoms with Crippen LogP contribution in [0, 0.1) is 5.92 Å². The molecule has 2 unspecified atom stereocenters. The minimum absolute atomic E-state index is 0.0978. The summed E-state index contributed by atoms with van der Waals surface area (Å²) in [5.41, 5.74) is 6.17. The summed E-state index contributed by atoms with van der Waals surface area (Å²) in [4.78, 5) is 1.28. The van der Waals surface area contributed by atoms with E-state index in [1.165, 1.54) is 30.6 Å². The minimum atomic E-state index is 0.0978. The third-order valence-electron chi connectivity index (χ3n) is 3.67. The Balaban J connectivity index is 1.91. The fourth-order valence-electron chi connectivity index (χ4n) is 2.50. The van der Waals surface area contributed by atoms with E-state index in [1.807, 2.05) is 0 Å². The molecule has 2 nitrogen and oxygen atoms in total. The molecule has 2 atom stereocenters. The Morgan fingerprint density at radius 2 is 2.24 bits per heavy atom. The highest BCUT2D eigenvalue weighted by molar-refractivity contribution is 7.10. The average molecular weight is 253 g/mol. The van der Waals surface area contributed by atoms with Crippen molar-refractivity contribution in [2.24, 2.45) is 11.7 Å². The molecule has 1 heterocycles.